The van der Waals surface area contributed by atoms with Gasteiger partial charge in [-0.15, -0.1) is 11.3 Å². The smallest absolute Gasteiger partial charge is 0.410 e. The van der Waals surface area contributed by atoms with Crippen molar-refractivity contribution in [1.29, 1.82) is 5.26 Å². The minimum absolute atomic E-state index is 0.222. The van der Waals surface area contributed by atoms with Crippen molar-refractivity contribution < 1.29 is 19.1 Å². The van der Waals surface area contributed by atoms with Crippen molar-refractivity contribution in [2.45, 2.75) is 25.4 Å². The molecule has 1 aliphatic heterocycles. The first-order chi connectivity index (χ1) is 14.6. The fourth-order valence-corrected chi connectivity index (χ4v) is 5.41. The summed E-state index contributed by atoms with van der Waals surface area (Å²) in [5, 5.41) is 16.9. The fraction of sp³-hybridized carbons (Fsp3) is 0.381. The van der Waals surface area contributed by atoms with E-state index in [1.807, 2.05) is 16.8 Å². The minimum atomic E-state index is -0.309. The molecule has 1 unspecified atom stereocenters. The predicted molar refractivity (Wildman–Crippen MR) is 116 cm³/mol. The molecule has 0 spiro atoms. The van der Waals surface area contributed by atoms with Gasteiger partial charge in [0.2, 0.25) is 5.91 Å². The SMILES string of the molecule is N#Cc1c(NC(=O)/C=C/c2ccsc2)sc2c1CCC(OC(=O)N1CCOCC1)C2. The summed E-state index contributed by atoms with van der Waals surface area (Å²) in [5.41, 5.74) is 2.44. The fourth-order valence-electron chi connectivity index (χ4n) is 3.52. The number of morpholine rings is 1. The van der Waals surface area contributed by atoms with E-state index in [9.17, 15) is 14.9 Å². The summed E-state index contributed by atoms with van der Waals surface area (Å²) in [7, 11) is 0. The summed E-state index contributed by atoms with van der Waals surface area (Å²) in [6, 6.07) is 4.16. The van der Waals surface area contributed by atoms with Gasteiger partial charge in [0.25, 0.3) is 0 Å². The lowest BCUT2D eigenvalue weighted by molar-refractivity contribution is -0.111. The molecule has 7 nitrogen and oxygen atoms in total. The van der Waals surface area contributed by atoms with E-state index < -0.39 is 0 Å². The van der Waals surface area contributed by atoms with Crippen LogP contribution in [0.2, 0.25) is 0 Å². The molecular weight excluding hydrogens is 422 g/mol. The number of thiophene rings is 2. The molecule has 0 saturated carbocycles. The second-order valence-corrected chi connectivity index (χ2v) is 8.93. The molecule has 0 bridgehead atoms. The summed E-state index contributed by atoms with van der Waals surface area (Å²) in [6.07, 6.45) is 4.55. The maximum absolute atomic E-state index is 12.4. The van der Waals surface area contributed by atoms with Crippen molar-refractivity contribution in [3.8, 4) is 6.07 Å². The quantitative estimate of drug-likeness (QED) is 0.728. The van der Waals surface area contributed by atoms with Crippen molar-refractivity contribution in [2.75, 3.05) is 31.6 Å². The molecule has 2 aromatic rings. The van der Waals surface area contributed by atoms with E-state index >= 15 is 0 Å². The molecule has 1 N–H and O–H groups in total. The van der Waals surface area contributed by atoms with Crippen LogP contribution in [0.4, 0.5) is 9.80 Å². The van der Waals surface area contributed by atoms with E-state index in [1.54, 1.807) is 22.3 Å². The maximum atomic E-state index is 12.4. The normalized spacial score (nSPS) is 18.6. The molecular formula is C21H21N3O4S2. The average molecular weight is 444 g/mol. The van der Waals surface area contributed by atoms with E-state index in [0.717, 1.165) is 16.0 Å². The first-order valence-electron chi connectivity index (χ1n) is 9.73. The number of ether oxygens (including phenoxy) is 2. The molecule has 2 aliphatic rings. The van der Waals surface area contributed by atoms with Crippen molar-refractivity contribution in [3.05, 3.63) is 44.5 Å². The third-order valence-corrected chi connectivity index (χ3v) is 6.95. The van der Waals surface area contributed by atoms with Gasteiger partial charge < -0.3 is 19.7 Å². The van der Waals surface area contributed by atoms with Crippen LogP contribution < -0.4 is 5.32 Å². The highest BCUT2D eigenvalue weighted by molar-refractivity contribution is 7.16. The van der Waals surface area contributed by atoms with Crippen LogP contribution in [0.15, 0.2) is 22.9 Å². The van der Waals surface area contributed by atoms with Crippen LogP contribution in [-0.2, 0) is 27.1 Å². The molecule has 1 fully saturated rings. The Morgan fingerprint density at radius 2 is 2.20 bits per heavy atom. The Labute approximate surface area is 182 Å². The van der Waals surface area contributed by atoms with E-state index in [2.05, 4.69) is 11.4 Å². The van der Waals surface area contributed by atoms with Gasteiger partial charge in [-0.2, -0.15) is 16.6 Å². The first kappa shape index (κ1) is 20.6. The Hall–Kier alpha value is -2.67. The summed E-state index contributed by atoms with van der Waals surface area (Å²) in [4.78, 5) is 27.3. The van der Waals surface area contributed by atoms with Crippen LogP contribution in [0.3, 0.4) is 0 Å². The molecule has 3 heterocycles. The molecule has 2 amide bonds. The predicted octanol–water partition coefficient (Wildman–Crippen LogP) is 3.66. The number of amides is 2. The van der Waals surface area contributed by atoms with Crippen molar-refractivity contribution in [3.63, 3.8) is 0 Å². The topological polar surface area (TPSA) is 91.7 Å². The number of nitrogens with zero attached hydrogens (tertiary/aromatic N) is 2. The van der Waals surface area contributed by atoms with Gasteiger partial charge in [-0.25, -0.2) is 4.79 Å². The molecule has 30 heavy (non-hydrogen) atoms. The lowest BCUT2D eigenvalue weighted by Crippen LogP contribution is -2.42. The van der Waals surface area contributed by atoms with Gasteiger partial charge in [-0.3, -0.25) is 4.79 Å². The van der Waals surface area contributed by atoms with Crippen molar-refractivity contribution >= 4 is 45.8 Å². The Kier molecular flexibility index (Phi) is 6.47. The lowest BCUT2D eigenvalue weighted by Gasteiger charge is -2.29. The third kappa shape index (κ3) is 4.73. The standard InChI is InChI=1S/C21H21N3O4S2/c22-12-17-16-3-2-15(28-21(26)24-6-8-27-9-7-24)11-18(16)30-20(17)23-19(25)4-1-14-5-10-29-13-14/h1,4-5,10,13,15H,2-3,6-9,11H2,(H,23,25)/b4-1+. The largest absolute Gasteiger partial charge is 0.446 e. The van der Waals surface area contributed by atoms with Crippen LogP contribution in [0.5, 0.6) is 0 Å². The molecule has 1 atom stereocenters. The molecule has 1 saturated heterocycles. The maximum Gasteiger partial charge on any atom is 0.410 e. The van der Waals surface area contributed by atoms with Crippen LogP contribution in [-0.4, -0.2) is 49.3 Å². The Morgan fingerprint density at radius 3 is 2.93 bits per heavy atom. The number of nitriles is 1. The van der Waals surface area contributed by atoms with Crippen LogP contribution in [0, 0.1) is 11.3 Å². The summed E-state index contributed by atoms with van der Waals surface area (Å²) in [6.45, 7) is 2.15. The molecule has 1 aliphatic carbocycles. The molecule has 0 aromatic carbocycles. The van der Waals surface area contributed by atoms with E-state index in [1.165, 1.54) is 17.4 Å². The minimum Gasteiger partial charge on any atom is -0.446 e. The zero-order valence-electron chi connectivity index (χ0n) is 16.3. The van der Waals surface area contributed by atoms with Gasteiger partial charge in [0, 0.05) is 30.5 Å². The average Bonchev–Trinajstić information content (AvgIpc) is 3.39. The second kappa shape index (κ2) is 9.43. The van der Waals surface area contributed by atoms with E-state index in [4.69, 9.17) is 9.47 Å². The number of rotatable bonds is 4. The van der Waals surface area contributed by atoms with Gasteiger partial charge >= 0.3 is 6.09 Å². The molecule has 0 radical (unpaired) electrons. The highest BCUT2D eigenvalue weighted by atomic mass is 32.1. The monoisotopic (exact) mass is 443 g/mol. The van der Waals surface area contributed by atoms with Gasteiger partial charge in [-0.1, -0.05) is 0 Å². The number of carbonyl (C=O) groups excluding carboxylic acids is 2. The van der Waals surface area contributed by atoms with Crippen molar-refractivity contribution in [1.82, 2.24) is 4.90 Å². The zero-order chi connectivity index (χ0) is 20.9. The molecule has 2 aromatic heterocycles. The van der Waals surface area contributed by atoms with Gasteiger partial charge in [0.15, 0.2) is 0 Å². The number of carbonyl (C=O) groups is 2. The summed E-state index contributed by atoms with van der Waals surface area (Å²) in [5.74, 6) is -0.272. The van der Waals surface area contributed by atoms with Gasteiger partial charge in [0.1, 0.15) is 17.2 Å². The highest BCUT2D eigenvalue weighted by Crippen LogP contribution is 2.38. The highest BCUT2D eigenvalue weighted by Gasteiger charge is 2.30. The van der Waals surface area contributed by atoms with Gasteiger partial charge in [-0.05, 0) is 46.9 Å². The molecule has 156 valence electrons. The number of nitrogens with one attached hydrogen (secondary N) is 1. The molecule has 4 rings (SSSR count). The number of hydrogen-bond donors (Lipinski definition) is 1. The molecule has 9 heteroatoms. The number of fused-ring (bicyclic) bond motifs is 1. The Morgan fingerprint density at radius 1 is 1.37 bits per heavy atom. The van der Waals surface area contributed by atoms with Crippen LogP contribution in [0.25, 0.3) is 6.08 Å². The Bertz CT molecular complexity index is 985. The van der Waals surface area contributed by atoms with Crippen LogP contribution >= 0.6 is 22.7 Å². The Balaban J connectivity index is 1.41. The summed E-state index contributed by atoms with van der Waals surface area (Å²) < 4.78 is 11.0. The summed E-state index contributed by atoms with van der Waals surface area (Å²) >= 11 is 2.96. The van der Waals surface area contributed by atoms with Crippen molar-refractivity contribution in [2.24, 2.45) is 0 Å². The first-order valence-corrected chi connectivity index (χ1v) is 11.5. The lowest BCUT2D eigenvalue weighted by atomic mass is 9.94. The van der Waals surface area contributed by atoms with E-state index in [-0.39, 0.29) is 18.1 Å². The second-order valence-electron chi connectivity index (χ2n) is 7.05. The number of hydrogen-bond acceptors (Lipinski definition) is 7. The zero-order valence-corrected chi connectivity index (χ0v) is 17.9. The van der Waals surface area contributed by atoms with Gasteiger partial charge in [0.05, 0.1) is 18.8 Å². The van der Waals surface area contributed by atoms with Crippen LogP contribution in [0.1, 0.15) is 28.0 Å². The number of anilines is 1. The van der Waals surface area contributed by atoms with E-state index in [0.29, 0.717) is 56.1 Å². The third-order valence-electron chi connectivity index (χ3n) is 5.08.